The van der Waals surface area contributed by atoms with Crippen LogP contribution in [0.5, 0.6) is 0 Å². The molecule has 3 aromatic rings. The lowest BCUT2D eigenvalue weighted by Gasteiger charge is -2.06. The summed E-state index contributed by atoms with van der Waals surface area (Å²) in [6.45, 7) is 0. The molecule has 4 heteroatoms. The molecule has 0 bridgehead atoms. The molecule has 2 nitrogen and oxygen atoms in total. The van der Waals surface area contributed by atoms with Crippen molar-refractivity contribution in [2.75, 3.05) is 0 Å². The fourth-order valence-electron chi connectivity index (χ4n) is 2.11. The lowest BCUT2D eigenvalue weighted by atomic mass is 9.99. The maximum Gasteiger partial charge on any atom is 0.198 e. The maximum absolute atomic E-state index is 13.8. The summed E-state index contributed by atoms with van der Waals surface area (Å²) in [6, 6.07) is 11.3. The van der Waals surface area contributed by atoms with Gasteiger partial charge in [-0.3, -0.25) is 9.78 Å². The van der Waals surface area contributed by atoms with Gasteiger partial charge in [-0.15, -0.1) is 0 Å². The first-order chi connectivity index (χ1) is 9.66. The van der Waals surface area contributed by atoms with Crippen molar-refractivity contribution in [2.45, 2.75) is 0 Å². The number of pyridine rings is 1. The van der Waals surface area contributed by atoms with Gasteiger partial charge in [-0.25, -0.2) is 4.39 Å². The van der Waals surface area contributed by atoms with E-state index in [1.54, 1.807) is 6.20 Å². The predicted molar refractivity (Wildman–Crippen MR) is 76.6 cm³/mol. The molecule has 0 radical (unpaired) electrons. The van der Waals surface area contributed by atoms with Crippen LogP contribution in [-0.4, -0.2) is 10.8 Å². The second-order valence-corrected chi connectivity index (χ2v) is 4.80. The van der Waals surface area contributed by atoms with Crippen molar-refractivity contribution in [3.8, 4) is 0 Å². The summed E-state index contributed by atoms with van der Waals surface area (Å²) in [7, 11) is 0. The fraction of sp³-hybridized carbons (Fsp3) is 0. The zero-order chi connectivity index (χ0) is 14.1. The Labute approximate surface area is 119 Å². The molecule has 0 aliphatic heterocycles. The van der Waals surface area contributed by atoms with Gasteiger partial charge in [-0.1, -0.05) is 35.9 Å². The normalized spacial score (nSPS) is 10.7. The number of rotatable bonds is 2. The lowest BCUT2D eigenvalue weighted by Crippen LogP contribution is -2.05. The topological polar surface area (TPSA) is 30.0 Å². The van der Waals surface area contributed by atoms with E-state index in [0.29, 0.717) is 10.6 Å². The fourth-order valence-corrected chi connectivity index (χ4v) is 2.29. The molecular formula is C16H9ClFNO. The largest absolute Gasteiger partial charge is 0.288 e. The number of hydrogen-bond acceptors (Lipinski definition) is 2. The molecule has 0 atom stereocenters. The third kappa shape index (κ3) is 2.17. The predicted octanol–water partition coefficient (Wildman–Crippen LogP) is 4.26. The second kappa shape index (κ2) is 5.02. The first-order valence-corrected chi connectivity index (χ1v) is 6.37. The van der Waals surface area contributed by atoms with Crippen LogP contribution in [-0.2, 0) is 0 Å². The standard InChI is InChI=1S/C16H9ClFNO/c17-11-5-6-15(18)13(7-11)16(20)14-9-19-8-10-3-1-2-4-12(10)14/h1-9H. The summed E-state index contributed by atoms with van der Waals surface area (Å²) < 4.78 is 13.8. The molecule has 0 amide bonds. The Morgan fingerprint density at radius 3 is 2.70 bits per heavy atom. The molecular weight excluding hydrogens is 277 g/mol. The van der Waals surface area contributed by atoms with Crippen molar-refractivity contribution in [1.29, 1.82) is 0 Å². The third-order valence-corrected chi connectivity index (χ3v) is 3.32. The van der Waals surface area contributed by atoms with E-state index in [2.05, 4.69) is 4.98 Å². The van der Waals surface area contributed by atoms with Crippen LogP contribution in [0.25, 0.3) is 10.8 Å². The summed E-state index contributed by atoms with van der Waals surface area (Å²) in [5, 5.41) is 1.90. The zero-order valence-corrected chi connectivity index (χ0v) is 11.1. The highest BCUT2D eigenvalue weighted by Crippen LogP contribution is 2.23. The highest BCUT2D eigenvalue weighted by Gasteiger charge is 2.17. The van der Waals surface area contributed by atoms with Gasteiger partial charge >= 0.3 is 0 Å². The molecule has 2 aromatic carbocycles. The van der Waals surface area contributed by atoms with Crippen LogP contribution in [0.3, 0.4) is 0 Å². The van der Waals surface area contributed by atoms with Crippen LogP contribution in [0.1, 0.15) is 15.9 Å². The Kier molecular flexibility index (Phi) is 3.20. The minimum absolute atomic E-state index is 0.0457. The van der Waals surface area contributed by atoms with Crippen molar-refractivity contribution >= 4 is 28.2 Å². The monoisotopic (exact) mass is 285 g/mol. The van der Waals surface area contributed by atoms with E-state index in [0.717, 1.165) is 10.8 Å². The Morgan fingerprint density at radius 2 is 1.85 bits per heavy atom. The summed E-state index contributed by atoms with van der Waals surface area (Å²) in [5.41, 5.74) is 0.319. The molecule has 1 aromatic heterocycles. The molecule has 0 unspecified atom stereocenters. The summed E-state index contributed by atoms with van der Waals surface area (Å²) in [6.07, 6.45) is 3.12. The Hall–Kier alpha value is -2.26. The Balaban J connectivity index is 2.20. The van der Waals surface area contributed by atoms with Gasteiger partial charge in [-0.2, -0.15) is 0 Å². The number of halogens is 2. The quantitative estimate of drug-likeness (QED) is 0.659. The van der Waals surface area contributed by atoms with Crippen molar-refractivity contribution in [2.24, 2.45) is 0 Å². The van der Waals surface area contributed by atoms with E-state index in [1.807, 2.05) is 24.3 Å². The molecule has 20 heavy (non-hydrogen) atoms. The van der Waals surface area contributed by atoms with E-state index < -0.39 is 11.6 Å². The molecule has 0 aliphatic carbocycles. The average molecular weight is 286 g/mol. The molecule has 0 saturated carbocycles. The van der Waals surface area contributed by atoms with Crippen LogP contribution in [0, 0.1) is 5.82 Å². The molecule has 0 spiro atoms. The van der Waals surface area contributed by atoms with Gasteiger partial charge in [0.05, 0.1) is 5.56 Å². The van der Waals surface area contributed by atoms with E-state index in [4.69, 9.17) is 11.6 Å². The molecule has 98 valence electrons. The highest BCUT2D eigenvalue weighted by molar-refractivity contribution is 6.31. The van der Waals surface area contributed by atoms with E-state index in [9.17, 15) is 9.18 Å². The number of carbonyl (C=O) groups is 1. The molecule has 0 saturated heterocycles. The molecule has 1 heterocycles. The van der Waals surface area contributed by atoms with Crippen LogP contribution in [0.2, 0.25) is 5.02 Å². The number of nitrogens with zero attached hydrogens (tertiary/aromatic N) is 1. The third-order valence-electron chi connectivity index (χ3n) is 3.09. The summed E-state index contributed by atoms with van der Waals surface area (Å²) >= 11 is 5.83. The van der Waals surface area contributed by atoms with Crippen molar-refractivity contribution < 1.29 is 9.18 Å². The van der Waals surface area contributed by atoms with Gasteiger partial charge in [0.25, 0.3) is 0 Å². The van der Waals surface area contributed by atoms with Gasteiger partial charge in [0.2, 0.25) is 0 Å². The number of hydrogen-bond donors (Lipinski definition) is 0. The van der Waals surface area contributed by atoms with Crippen molar-refractivity contribution in [3.63, 3.8) is 0 Å². The molecule has 0 fully saturated rings. The van der Waals surface area contributed by atoms with Crippen molar-refractivity contribution in [3.05, 3.63) is 76.8 Å². The van der Waals surface area contributed by atoms with Gasteiger partial charge in [-0.05, 0) is 23.6 Å². The minimum Gasteiger partial charge on any atom is -0.288 e. The average Bonchev–Trinajstić information content (AvgIpc) is 2.48. The van der Waals surface area contributed by atoms with Crippen LogP contribution >= 0.6 is 11.6 Å². The highest BCUT2D eigenvalue weighted by atomic mass is 35.5. The number of ketones is 1. The molecule has 0 N–H and O–H groups in total. The van der Waals surface area contributed by atoms with Gasteiger partial charge in [0.15, 0.2) is 5.78 Å². The number of aromatic nitrogens is 1. The van der Waals surface area contributed by atoms with Gasteiger partial charge < -0.3 is 0 Å². The van der Waals surface area contributed by atoms with E-state index >= 15 is 0 Å². The Morgan fingerprint density at radius 1 is 1.05 bits per heavy atom. The van der Waals surface area contributed by atoms with Crippen molar-refractivity contribution in [1.82, 2.24) is 4.98 Å². The smallest absolute Gasteiger partial charge is 0.198 e. The van der Waals surface area contributed by atoms with Gasteiger partial charge in [0, 0.05) is 28.4 Å². The zero-order valence-electron chi connectivity index (χ0n) is 10.3. The Bertz CT molecular complexity index is 811. The SMILES string of the molecule is O=C(c1cc(Cl)ccc1F)c1cncc2ccccc12. The number of benzene rings is 2. The van der Waals surface area contributed by atoms with Crippen LogP contribution < -0.4 is 0 Å². The lowest BCUT2D eigenvalue weighted by molar-refractivity contribution is 0.103. The summed E-state index contributed by atoms with van der Waals surface area (Å²) in [5.74, 6) is -1.01. The van der Waals surface area contributed by atoms with Gasteiger partial charge in [0.1, 0.15) is 5.82 Å². The number of carbonyl (C=O) groups excluding carboxylic acids is 1. The first kappa shape index (κ1) is 12.8. The maximum atomic E-state index is 13.8. The van der Waals surface area contributed by atoms with Crippen LogP contribution in [0.4, 0.5) is 4.39 Å². The summed E-state index contributed by atoms with van der Waals surface area (Å²) in [4.78, 5) is 16.5. The second-order valence-electron chi connectivity index (χ2n) is 4.36. The minimum atomic E-state index is -0.590. The van der Waals surface area contributed by atoms with E-state index in [-0.39, 0.29) is 5.56 Å². The van der Waals surface area contributed by atoms with Crippen LogP contribution in [0.15, 0.2) is 54.9 Å². The molecule has 3 rings (SSSR count). The van der Waals surface area contributed by atoms with E-state index in [1.165, 1.54) is 24.4 Å². The first-order valence-electron chi connectivity index (χ1n) is 5.99. The molecule has 0 aliphatic rings. The number of fused-ring (bicyclic) bond motifs is 1.